The Kier molecular flexibility index (Phi) is 2.35. The molecule has 67 valence electrons. The summed E-state index contributed by atoms with van der Waals surface area (Å²) in [6.45, 7) is 0. The smallest absolute Gasteiger partial charge is 0.321 e. The van der Waals surface area contributed by atoms with Gasteiger partial charge in [0.05, 0.1) is 0 Å². The van der Waals surface area contributed by atoms with Crippen LogP contribution in [-0.2, 0) is 9.59 Å². The summed E-state index contributed by atoms with van der Waals surface area (Å²) in [5.74, 6) is -2.41. The molecule has 0 aromatic rings. The van der Waals surface area contributed by atoms with Gasteiger partial charge >= 0.3 is 11.9 Å². The van der Waals surface area contributed by atoms with Crippen molar-refractivity contribution in [3.63, 3.8) is 0 Å². The van der Waals surface area contributed by atoms with Crippen LogP contribution in [0.3, 0.4) is 0 Å². The van der Waals surface area contributed by atoms with Gasteiger partial charge in [-0.15, -0.1) is 0 Å². The van der Waals surface area contributed by atoms with Crippen LogP contribution >= 0.6 is 0 Å². The molecule has 0 unspecified atom stereocenters. The van der Waals surface area contributed by atoms with E-state index in [1.807, 2.05) is 6.42 Å². The van der Waals surface area contributed by atoms with Crippen molar-refractivity contribution in [2.24, 2.45) is 5.41 Å². The average Bonchev–Trinajstić information content (AvgIpc) is 2.05. The van der Waals surface area contributed by atoms with Crippen molar-refractivity contribution in [1.82, 2.24) is 0 Å². The summed E-state index contributed by atoms with van der Waals surface area (Å²) in [5.41, 5.74) is -1.52. The van der Waals surface area contributed by atoms with E-state index in [0.29, 0.717) is 12.8 Å². The molecule has 12 heavy (non-hydrogen) atoms. The molecular formula is C8H11O4. The molecule has 0 bridgehead atoms. The van der Waals surface area contributed by atoms with Crippen LogP contribution in [0, 0.1) is 11.8 Å². The van der Waals surface area contributed by atoms with E-state index in [9.17, 15) is 9.59 Å². The fourth-order valence-electron chi connectivity index (χ4n) is 1.49. The van der Waals surface area contributed by atoms with Gasteiger partial charge in [-0.2, -0.15) is 0 Å². The lowest BCUT2D eigenvalue weighted by Gasteiger charge is -2.28. The number of hydrogen-bond donors (Lipinski definition) is 2. The number of carboxylic acid groups (broad SMARTS) is 2. The van der Waals surface area contributed by atoms with E-state index in [1.54, 1.807) is 0 Å². The summed E-state index contributed by atoms with van der Waals surface area (Å²) in [7, 11) is 0. The highest BCUT2D eigenvalue weighted by molar-refractivity contribution is 5.98. The van der Waals surface area contributed by atoms with Crippen LogP contribution in [0.25, 0.3) is 0 Å². The Morgan fingerprint density at radius 1 is 1.08 bits per heavy atom. The summed E-state index contributed by atoms with van der Waals surface area (Å²) < 4.78 is 0. The van der Waals surface area contributed by atoms with Gasteiger partial charge < -0.3 is 10.2 Å². The van der Waals surface area contributed by atoms with Crippen LogP contribution in [0.2, 0.25) is 0 Å². The van der Waals surface area contributed by atoms with Gasteiger partial charge in [0.15, 0.2) is 5.41 Å². The minimum Gasteiger partial charge on any atom is -0.480 e. The summed E-state index contributed by atoms with van der Waals surface area (Å²) in [5, 5.41) is 17.5. The third-order valence-corrected chi connectivity index (χ3v) is 2.37. The zero-order valence-electron chi connectivity index (χ0n) is 6.62. The standard InChI is InChI=1S/C8H11O4/c9-6(10)8(7(11)12)4-2-1-3-5-8/h1H,2-5H2,(H,9,10)(H,11,12). The molecule has 1 radical (unpaired) electrons. The maximum absolute atomic E-state index is 10.7. The van der Waals surface area contributed by atoms with Gasteiger partial charge in [0.1, 0.15) is 0 Å². The van der Waals surface area contributed by atoms with Crippen LogP contribution in [0.15, 0.2) is 0 Å². The molecule has 4 heteroatoms. The lowest BCUT2D eigenvalue weighted by molar-refractivity contribution is -0.166. The maximum Gasteiger partial charge on any atom is 0.321 e. The highest BCUT2D eigenvalue weighted by Gasteiger charge is 2.46. The second kappa shape index (κ2) is 3.13. The van der Waals surface area contributed by atoms with E-state index < -0.39 is 17.4 Å². The largest absolute Gasteiger partial charge is 0.480 e. The number of carboxylic acids is 2. The van der Waals surface area contributed by atoms with E-state index in [-0.39, 0.29) is 12.8 Å². The number of hydrogen-bond acceptors (Lipinski definition) is 2. The third kappa shape index (κ3) is 1.29. The fourth-order valence-corrected chi connectivity index (χ4v) is 1.49. The van der Waals surface area contributed by atoms with E-state index in [1.165, 1.54) is 0 Å². The van der Waals surface area contributed by atoms with Crippen molar-refractivity contribution in [3.05, 3.63) is 6.42 Å². The summed E-state index contributed by atoms with van der Waals surface area (Å²) >= 11 is 0. The number of rotatable bonds is 2. The van der Waals surface area contributed by atoms with Gasteiger partial charge in [0.25, 0.3) is 0 Å². The first-order valence-corrected chi connectivity index (χ1v) is 3.88. The Labute approximate surface area is 70.2 Å². The van der Waals surface area contributed by atoms with Crippen molar-refractivity contribution >= 4 is 11.9 Å². The molecule has 2 N–H and O–H groups in total. The zero-order valence-corrected chi connectivity index (χ0v) is 6.62. The molecule has 1 fully saturated rings. The van der Waals surface area contributed by atoms with Gasteiger partial charge in [-0.25, -0.2) is 0 Å². The van der Waals surface area contributed by atoms with Gasteiger partial charge in [0.2, 0.25) is 0 Å². The van der Waals surface area contributed by atoms with Crippen molar-refractivity contribution in [1.29, 1.82) is 0 Å². The predicted molar refractivity (Wildman–Crippen MR) is 40.5 cm³/mol. The summed E-state index contributed by atoms with van der Waals surface area (Å²) in [6, 6.07) is 0. The topological polar surface area (TPSA) is 74.6 Å². The first-order valence-electron chi connectivity index (χ1n) is 3.88. The summed E-state index contributed by atoms with van der Waals surface area (Å²) in [4.78, 5) is 21.4. The second-order valence-electron chi connectivity index (χ2n) is 3.06. The molecule has 0 aromatic heterocycles. The lowest BCUT2D eigenvalue weighted by atomic mass is 9.74. The molecule has 0 spiro atoms. The van der Waals surface area contributed by atoms with Gasteiger partial charge in [-0.3, -0.25) is 9.59 Å². The monoisotopic (exact) mass is 171 g/mol. The molecular weight excluding hydrogens is 160 g/mol. The van der Waals surface area contributed by atoms with Crippen molar-refractivity contribution < 1.29 is 19.8 Å². The Morgan fingerprint density at radius 3 is 1.75 bits per heavy atom. The molecule has 0 aromatic carbocycles. The van der Waals surface area contributed by atoms with Crippen LogP contribution in [0.1, 0.15) is 25.7 Å². The molecule has 0 amide bonds. The van der Waals surface area contributed by atoms with Crippen LogP contribution in [0.5, 0.6) is 0 Å². The Hall–Kier alpha value is -1.06. The molecule has 1 saturated carbocycles. The highest BCUT2D eigenvalue weighted by Crippen LogP contribution is 2.36. The van der Waals surface area contributed by atoms with Crippen molar-refractivity contribution in [2.45, 2.75) is 25.7 Å². The van der Waals surface area contributed by atoms with Gasteiger partial charge in [-0.05, 0) is 32.1 Å². The molecule has 1 aliphatic rings. The van der Waals surface area contributed by atoms with E-state index in [4.69, 9.17) is 10.2 Å². The van der Waals surface area contributed by atoms with Gasteiger partial charge in [-0.1, -0.05) is 0 Å². The minimum absolute atomic E-state index is 0.220. The van der Waals surface area contributed by atoms with Crippen molar-refractivity contribution in [2.75, 3.05) is 0 Å². The molecule has 0 heterocycles. The van der Waals surface area contributed by atoms with Crippen LogP contribution < -0.4 is 0 Å². The predicted octanol–water partition coefficient (Wildman–Crippen LogP) is 0.920. The van der Waals surface area contributed by atoms with Crippen molar-refractivity contribution in [3.8, 4) is 0 Å². The van der Waals surface area contributed by atoms with E-state index >= 15 is 0 Å². The Bertz CT molecular complexity index is 187. The molecule has 0 aliphatic heterocycles. The van der Waals surface area contributed by atoms with E-state index in [2.05, 4.69) is 0 Å². The third-order valence-electron chi connectivity index (χ3n) is 2.37. The van der Waals surface area contributed by atoms with E-state index in [0.717, 1.165) is 0 Å². The van der Waals surface area contributed by atoms with Gasteiger partial charge in [0, 0.05) is 0 Å². The zero-order chi connectivity index (χ0) is 9.19. The Balaban J connectivity index is 2.84. The first-order chi connectivity index (χ1) is 5.59. The Morgan fingerprint density at radius 2 is 1.50 bits per heavy atom. The SMILES string of the molecule is O=C(O)C1(C(=O)O)CC[CH]CC1. The first kappa shape index (κ1) is 9.03. The second-order valence-corrected chi connectivity index (χ2v) is 3.06. The average molecular weight is 171 g/mol. The molecule has 1 rings (SSSR count). The number of carbonyl (C=O) groups is 2. The normalized spacial score (nSPS) is 21.7. The lowest BCUT2D eigenvalue weighted by Crippen LogP contribution is -2.40. The maximum atomic E-state index is 10.7. The summed E-state index contributed by atoms with van der Waals surface area (Å²) in [6.07, 6.45) is 3.54. The molecule has 1 aliphatic carbocycles. The molecule has 0 saturated heterocycles. The fraction of sp³-hybridized carbons (Fsp3) is 0.625. The minimum atomic E-state index is -1.52. The van der Waals surface area contributed by atoms with Crippen LogP contribution in [0.4, 0.5) is 0 Å². The number of aliphatic carboxylic acids is 2. The highest BCUT2D eigenvalue weighted by atomic mass is 16.4. The quantitative estimate of drug-likeness (QED) is 0.606. The molecule has 0 atom stereocenters. The molecule has 4 nitrogen and oxygen atoms in total. The van der Waals surface area contributed by atoms with Crippen LogP contribution in [-0.4, -0.2) is 22.2 Å².